The van der Waals surface area contributed by atoms with Gasteiger partial charge in [0, 0.05) is 23.0 Å². The van der Waals surface area contributed by atoms with Gasteiger partial charge in [0.25, 0.3) is 0 Å². The van der Waals surface area contributed by atoms with Crippen LogP contribution >= 0.6 is 0 Å². The molecule has 0 bridgehead atoms. The largest absolute Gasteiger partial charge is 0.402 e. The summed E-state index contributed by atoms with van der Waals surface area (Å²) in [4.78, 5) is 17.1. The van der Waals surface area contributed by atoms with Crippen molar-refractivity contribution in [1.29, 1.82) is 0 Å². The molecule has 0 spiro atoms. The molecule has 4 nitrogen and oxygen atoms in total. The lowest BCUT2D eigenvalue weighted by atomic mass is 10.00. The van der Waals surface area contributed by atoms with Crippen molar-refractivity contribution in [3.8, 4) is 11.3 Å². The van der Waals surface area contributed by atoms with E-state index in [2.05, 4.69) is 75.2 Å². The van der Waals surface area contributed by atoms with Gasteiger partial charge < -0.3 is 10.3 Å². The monoisotopic (exact) mass is 467 g/mol. The first-order valence-corrected chi connectivity index (χ1v) is 12.3. The van der Waals surface area contributed by atoms with Crippen molar-refractivity contribution in [2.75, 3.05) is 0 Å². The van der Waals surface area contributed by atoms with Crippen LogP contribution in [-0.4, -0.2) is 15.3 Å². The van der Waals surface area contributed by atoms with Gasteiger partial charge >= 0.3 is 0 Å². The number of aromatic nitrogens is 2. The van der Waals surface area contributed by atoms with Gasteiger partial charge in [-0.3, -0.25) is 9.78 Å². The Hall–Kier alpha value is -3.66. The minimum Gasteiger partial charge on any atom is -0.402 e. The minimum absolute atomic E-state index is 0.0643. The number of carbonyl (C=O) groups is 1. The molecule has 1 atom stereocenters. The van der Waals surface area contributed by atoms with Gasteiger partial charge in [-0.25, -0.2) is 0 Å². The van der Waals surface area contributed by atoms with E-state index < -0.39 is 0 Å². The highest BCUT2D eigenvalue weighted by Gasteiger charge is 2.20. The van der Waals surface area contributed by atoms with E-state index in [1.165, 1.54) is 11.1 Å². The molecule has 2 N–H and O–H groups in total. The summed E-state index contributed by atoms with van der Waals surface area (Å²) in [6, 6.07) is 13.0. The van der Waals surface area contributed by atoms with Gasteiger partial charge in [-0.15, -0.1) is 0 Å². The van der Waals surface area contributed by atoms with Crippen molar-refractivity contribution in [2.24, 2.45) is 5.73 Å². The van der Waals surface area contributed by atoms with Crippen LogP contribution < -0.4 is 5.73 Å². The second-order valence-electron chi connectivity index (χ2n) is 9.31. The molecule has 2 heterocycles. The first-order valence-electron chi connectivity index (χ1n) is 12.3. The molecule has 35 heavy (non-hydrogen) atoms. The lowest BCUT2D eigenvalue weighted by Gasteiger charge is -2.22. The van der Waals surface area contributed by atoms with Gasteiger partial charge in [-0.05, 0) is 61.9 Å². The highest BCUT2D eigenvalue weighted by Crippen LogP contribution is 2.36. The molecule has 1 aromatic carbocycles. The van der Waals surface area contributed by atoms with E-state index in [0.717, 1.165) is 34.3 Å². The standard InChI is InChI=1S/C31H37N3O/c1-8-10-11-12-24(9-2)22(6)34-29(26-15-13-25(14-16-26)20(3)4)18-28-30(34)17-27(19-33-28)31(21(5)32)23(7)35/h8,10-20,22H,1,9,32H2,2-7H3/b11-10-,24-12+,31-21+. The lowest BCUT2D eigenvalue weighted by Crippen LogP contribution is -2.10. The highest BCUT2D eigenvalue weighted by atomic mass is 16.1. The van der Waals surface area contributed by atoms with Gasteiger partial charge in [0.2, 0.25) is 0 Å². The summed E-state index contributed by atoms with van der Waals surface area (Å²) in [6.07, 6.45) is 10.6. The Balaban J connectivity index is 2.30. The molecule has 0 amide bonds. The number of allylic oxidation sites excluding steroid dienone is 7. The zero-order valence-electron chi connectivity index (χ0n) is 21.8. The van der Waals surface area contributed by atoms with Gasteiger partial charge in [0.05, 0.1) is 22.8 Å². The van der Waals surface area contributed by atoms with Crippen molar-refractivity contribution in [3.63, 3.8) is 0 Å². The van der Waals surface area contributed by atoms with Crippen LogP contribution in [0.4, 0.5) is 0 Å². The molecule has 1 unspecified atom stereocenters. The van der Waals surface area contributed by atoms with E-state index >= 15 is 0 Å². The number of nitrogens with two attached hydrogens (primary N) is 1. The Labute approximate surface area is 209 Å². The molecule has 0 aliphatic rings. The van der Waals surface area contributed by atoms with Crippen LogP contribution in [0.1, 0.15) is 71.0 Å². The molecule has 3 aromatic rings. The number of benzene rings is 1. The van der Waals surface area contributed by atoms with Crippen LogP contribution in [0.15, 0.2) is 84.7 Å². The van der Waals surface area contributed by atoms with E-state index in [4.69, 9.17) is 10.7 Å². The SMILES string of the molecule is C=C/C=C\C=C(/CC)C(C)n1c(-c2ccc(C(C)C)cc2)cc2ncc(/C(C(C)=O)=C(\C)N)cc21. The normalized spacial score (nSPS) is 14.0. The Morgan fingerprint density at radius 3 is 2.34 bits per heavy atom. The topological polar surface area (TPSA) is 60.9 Å². The maximum absolute atomic E-state index is 12.4. The number of carbonyl (C=O) groups excluding carboxylic acids is 1. The van der Waals surface area contributed by atoms with Gasteiger partial charge in [0.15, 0.2) is 5.78 Å². The molecule has 0 saturated carbocycles. The number of nitrogens with zero attached hydrogens (tertiary/aromatic N) is 2. The zero-order chi connectivity index (χ0) is 25.7. The number of hydrogen-bond donors (Lipinski definition) is 1. The van der Waals surface area contributed by atoms with E-state index in [-0.39, 0.29) is 11.8 Å². The van der Waals surface area contributed by atoms with Crippen LogP contribution in [0.25, 0.3) is 27.9 Å². The van der Waals surface area contributed by atoms with Crippen LogP contribution in [0.3, 0.4) is 0 Å². The van der Waals surface area contributed by atoms with E-state index in [1.807, 2.05) is 18.2 Å². The van der Waals surface area contributed by atoms with Crippen molar-refractivity contribution >= 4 is 22.4 Å². The zero-order valence-corrected chi connectivity index (χ0v) is 21.8. The van der Waals surface area contributed by atoms with Gasteiger partial charge in [-0.2, -0.15) is 0 Å². The van der Waals surface area contributed by atoms with Crippen molar-refractivity contribution < 1.29 is 4.79 Å². The number of Topliss-reactive ketones (excluding diaryl/α,β-unsaturated/α-hetero) is 1. The average molecular weight is 468 g/mol. The molecule has 0 aliphatic heterocycles. The maximum Gasteiger partial charge on any atom is 0.162 e. The third kappa shape index (κ3) is 5.54. The van der Waals surface area contributed by atoms with Crippen LogP contribution in [0.5, 0.6) is 0 Å². The van der Waals surface area contributed by atoms with Gasteiger partial charge in [-0.1, -0.05) is 75.9 Å². The minimum atomic E-state index is -0.0643. The Morgan fingerprint density at radius 1 is 1.11 bits per heavy atom. The Bertz CT molecular complexity index is 1310. The molecule has 0 saturated heterocycles. The van der Waals surface area contributed by atoms with Crippen LogP contribution in [0, 0.1) is 0 Å². The summed E-state index contributed by atoms with van der Waals surface area (Å²) >= 11 is 0. The van der Waals surface area contributed by atoms with E-state index in [1.54, 1.807) is 26.1 Å². The number of hydrogen-bond acceptors (Lipinski definition) is 3. The third-order valence-corrected chi connectivity index (χ3v) is 6.49. The molecule has 0 radical (unpaired) electrons. The molecule has 3 rings (SSSR count). The summed E-state index contributed by atoms with van der Waals surface area (Å²) in [5, 5.41) is 0. The first kappa shape index (κ1) is 26.0. The summed E-state index contributed by atoms with van der Waals surface area (Å²) < 4.78 is 2.33. The molecule has 4 heteroatoms. The second kappa shape index (κ2) is 11.2. The smallest absolute Gasteiger partial charge is 0.162 e. The fourth-order valence-corrected chi connectivity index (χ4v) is 4.60. The summed E-state index contributed by atoms with van der Waals surface area (Å²) in [6.45, 7) is 15.9. The number of fused-ring (bicyclic) bond motifs is 1. The van der Waals surface area contributed by atoms with E-state index in [0.29, 0.717) is 17.2 Å². The summed E-state index contributed by atoms with van der Waals surface area (Å²) in [5.41, 5.74) is 14.5. The highest BCUT2D eigenvalue weighted by molar-refractivity contribution is 6.20. The molecule has 0 fully saturated rings. The molecular formula is C31H37N3O. The van der Waals surface area contributed by atoms with Crippen LogP contribution in [0.2, 0.25) is 0 Å². The second-order valence-corrected chi connectivity index (χ2v) is 9.31. The predicted molar refractivity (Wildman–Crippen MR) is 149 cm³/mol. The summed E-state index contributed by atoms with van der Waals surface area (Å²) in [5.74, 6) is 0.408. The first-order chi connectivity index (χ1) is 16.7. The summed E-state index contributed by atoms with van der Waals surface area (Å²) in [7, 11) is 0. The molecule has 2 aromatic heterocycles. The van der Waals surface area contributed by atoms with Crippen molar-refractivity contribution in [3.05, 3.63) is 95.9 Å². The maximum atomic E-state index is 12.4. The molecule has 0 aliphatic carbocycles. The fraction of sp³-hybridized carbons (Fsp3) is 0.290. The average Bonchev–Trinajstić information content (AvgIpc) is 3.20. The van der Waals surface area contributed by atoms with Crippen molar-refractivity contribution in [2.45, 2.75) is 59.9 Å². The molecular weight excluding hydrogens is 430 g/mol. The number of pyridine rings is 1. The van der Waals surface area contributed by atoms with Gasteiger partial charge in [0.1, 0.15) is 0 Å². The predicted octanol–water partition coefficient (Wildman–Crippen LogP) is 7.75. The van der Waals surface area contributed by atoms with E-state index in [9.17, 15) is 4.79 Å². The quantitative estimate of drug-likeness (QED) is 0.258. The van der Waals surface area contributed by atoms with Crippen molar-refractivity contribution in [1.82, 2.24) is 9.55 Å². The number of rotatable bonds is 9. The van der Waals surface area contributed by atoms with Crippen LogP contribution in [-0.2, 0) is 4.79 Å². The lowest BCUT2D eigenvalue weighted by molar-refractivity contribution is -0.111. The number of ketones is 1. The fourth-order valence-electron chi connectivity index (χ4n) is 4.60. The Morgan fingerprint density at radius 2 is 1.80 bits per heavy atom. The Kier molecular flexibility index (Phi) is 8.29. The third-order valence-electron chi connectivity index (χ3n) is 6.49. The molecule has 182 valence electrons.